The molecule has 2 amide bonds. The Morgan fingerprint density at radius 1 is 1.03 bits per heavy atom. The largest absolute Gasteiger partial charge is 0.489 e. The summed E-state index contributed by atoms with van der Waals surface area (Å²) in [5.41, 5.74) is 3.11. The summed E-state index contributed by atoms with van der Waals surface area (Å²) in [5, 5.41) is 5.85. The molecule has 6 nitrogen and oxygen atoms in total. The SMILES string of the molecule is C#CCOc1ccc(CCNC(=O)NC(C)c2ccc(OCc3cccnc3)cc2)cc1. The van der Waals surface area contributed by atoms with Crippen LogP contribution in [0.3, 0.4) is 0 Å². The highest BCUT2D eigenvalue weighted by Gasteiger charge is 2.09. The van der Waals surface area contributed by atoms with Gasteiger partial charge in [0.15, 0.2) is 0 Å². The summed E-state index contributed by atoms with van der Waals surface area (Å²) in [5.74, 6) is 3.94. The number of carbonyl (C=O) groups is 1. The zero-order valence-corrected chi connectivity index (χ0v) is 18.1. The van der Waals surface area contributed by atoms with Gasteiger partial charge in [0.05, 0.1) is 6.04 Å². The molecule has 0 saturated carbocycles. The van der Waals surface area contributed by atoms with E-state index in [1.165, 1.54) is 0 Å². The molecule has 1 unspecified atom stereocenters. The molecule has 3 aromatic rings. The van der Waals surface area contributed by atoms with Crippen LogP contribution < -0.4 is 20.1 Å². The van der Waals surface area contributed by atoms with Gasteiger partial charge in [-0.2, -0.15) is 0 Å². The van der Waals surface area contributed by atoms with Crippen molar-refractivity contribution in [3.63, 3.8) is 0 Å². The molecule has 1 heterocycles. The summed E-state index contributed by atoms with van der Waals surface area (Å²) in [6, 6.07) is 18.9. The number of urea groups is 1. The zero-order valence-electron chi connectivity index (χ0n) is 18.1. The molecule has 2 aromatic carbocycles. The van der Waals surface area contributed by atoms with E-state index in [9.17, 15) is 4.79 Å². The summed E-state index contributed by atoms with van der Waals surface area (Å²) in [6.45, 7) is 3.19. The normalized spacial score (nSPS) is 11.1. The van der Waals surface area contributed by atoms with Gasteiger partial charge in [-0.15, -0.1) is 6.42 Å². The van der Waals surface area contributed by atoms with Crippen LogP contribution in [0.1, 0.15) is 29.7 Å². The highest BCUT2D eigenvalue weighted by molar-refractivity contribution is 5.74. The smallest absolute Gasteiger partial charge is 0.315 e. The summed E-state index contributed by atoms with van der Waals surface area (Å²) in [6.07, 6.45) is 9.42. The van der Waals surface area contributed by atoms with Crippen LogP contribution in [0.5, 0.6) is 11.5 Å². The molecule has 3 rings (SSSR count). The van der Waals surface area contributed by atoms with Crippen molar-refractivity contribution < 1.29 is 14.3 Å². The Bertz CT molecular complexity index is 1010. The molecule has 1 atom stereocenters. The second kappa shape index (κ2) is 12.0. The number of amides is 2. The highest BCUT2D eigenvalue weighted by Crippen LogP contribution is 2.18. The van der Waals surface area contributed by atoms with E-state index in [1.54, 1.807) is 12.4 Å². The average molecular weight is 430 g/mol. The van der Waals surface area contributed by atoms with Gasteiger partial charge in [0.25, 0.3) is 0 Å². The van der Waals surface area contributed by atoms with Crippen LogP contribution in [0.4, 0.5) is 4.79 Å². The molecule has 2 N–H and O–H groups in total. The van der Waals surface area contributed by atoms with Gasteiger partial charge in [-0.05, 0) is 54.8 Å². The molecule has 0 bridgehead atoms. The first-order chi connectivity index (χ1) is 15.6. The average Bonchev–Trinajstić information content (AvgIpc) is 2.83. The van der Waals surface area contributed by atoms with Crippen molar-refractivity contribution in [1.29, 1.82) is 0 Å². The molecular formula is C26H27N3O3. The Morgan fingerprint density at radius 3 is 2.44 bits per heavy atom. The molecule has 6 heteroatoms. The second-order valence-corrected chi connectivity index (χ2v) is 7.23. The number of ether oxygens (including phenoxy) is 2. The lowest BCUT2D eigenvalue weighted by atomic mass is 10.1. The number of pyridine rings is 1. The Morgan fingerprint density at radius 2 is 1.75 bits per heavy atom. The second-order valence-electron chi connectivity index (χ2n) is 7.23. The van der Waals surface area contributed by atoms with Crippen molar-refractivity contribution in [2.75, 3.05) is 13.2 Å². The van der Waals surface area contributed by atoms with Gasteiger partial charge in [-0.1, -0.05) is 36.3 Å². The number of hydrogen-bond donors (Lipinski definition) is 2. The molecular weight excluding hydrogens is 402 g/mol. The van der Waals surface area contributed by atoms with E-state index in [1.807, 2.05) is 67.6 Å². The first-order valence-electron chi connectivity index (χ1n) is 10.5. The summed E-state index contributed by atoms with van der Waals surface area (Å²) in [7, 11) is 0. The van der Waals surface area contributed by atoms with Crippen LogP contribution in [-0.2, 0) is 13.0 Å². The predicted molar refractivity (Wildman–Crippen MR) is 124 cm³/mol. The van der Waals surface area contributed by atoms with E-state index in [0.29, 0.717) is 13.2 Å². The molecule has 0 fully saturated rings. The lowest BCUT2D eigenvalue weighted by Gasteiger charge is -2.16. The third kappa shape index (κ3) is 7.37. The monoisotopic (exact) mass is 429 g/mol. The van der Waals surface area contributed by atoms with Crippen LogP contribution in [0.15, 0.2) is 73.1 Å². The first kappa shape index (κ1) is 22.7. The maximum absolute atomic E-state index is 12.2. The molecule has 0 aliphatic carbocycles. The van der Waals surface area contributed by atoms with Crippen molar-refractivity contribution in [2.45, 2.75) is 26.0 Å². The number of nitrogens with one attached hydrogen (secondary N) is 2. The standard InChI is InChI=1S/C26H27N3O3/c1-3-17-31-24-10-6-21(7-11-24)14-16-28-26(30)29-20(2)23-8-12-25(13-9-23)32-19-22-5-4-15-27-18-22/h1,4-13,15,18,20H,14,16-17,19H2,2H3,(H2,28,29,30). The van der Waals surface area contributed by atoms with Gasteiger partial charge in [0.2, 0.25) is 0 Å². The van der Waals surface area contributed by atoms with Crippen LogP contribution in [0, 0.1) is 12.3 Å². The van der Waals surface area contributed by atoms with Crippen molar-refractivity contribution in [3.8, 4) is 23.8 Å². The van der Waals surface area contributed by atoms with Gasteiger partial charge in [0.1, 0.15) is 24.7 Å². The fraction of sp³-hybridized carbons (Fsp3) is 0.231. The molecule has 1 aromatic heterocycles. The zero-order chi connectivity index (χ0) is 22.6. The van der Waals surface area contributed by atoms with Crippen molar-refractivity contribution in [3.05, 3.63) is 89.7 Å². The predicted octanol–water partition coefficient (Wildman–Crippen LogP) is 4.28. The quantitative estimate of drug-likeness (QED) is 0.472. The van der Waals surface area contributed by atoms with Crippen molar-refractivity contribution in [1.82, 2.24) is 15.6 Å². The third-order valence-electron chi connectivity index (χ3n) is 4.80. The number of benzene rings is 2. The maximum Gasteiger partial charge on any atom is 0.315 e. The van der Waals surface area contributed by atoms with Gasteiger partial charge < -0.3 is 20.1 Å². The lowest BCUT2D eigenvalue weighted by molar-refractivity contribution is 0.238. The summed E-state index contributed by atoms with van der Waals surface area (Å²) >= 11 is 0. The first-order valence-corrected chi connectivity index (χ1v) is 10.5. The van der Waals surface area contributed by atoms with Crippen molar-refractivity contribution in [2.24, 2.45) is 0 Å². The van der Waals surface area contributed by atoms with E-state index < -0.39 is 0 Å². The summed E-state index contributed by atoms with van der Waals surface area (Å²) in [4.78, 5) is 16.3. The van der Waals surface area contributed by atoms with Gasteiger partial charge in [0, 0.05) is 24.5 Å². The number of terminal acetylenes is 1. The van der Waals surface area contributed by atoms with Crippen LogP contribution in [-0.4, -0.2) is 24.2 Å². The van der Waals surface area contributed by atoms with Gasteiger partial charge in [-0.25, -0.2) is 4.79 Å². The lowest BCUT2D eigenvalue weighted by Crippen LogP contribution is -2.38. The van der Waals surface area contributed by atoms with Crippen LogP contribution in [0.2, 0.25) is 0 Å². The molecule has 0 aliphatic rings. The van der Waals surface area contributed by atoms with E-state index in [-0.39, 0.29) is 18.7 Å². The minimum atomic E-state index is -0.205. The van der Waals surface area contributed by atoms with Gasteiger partial charge >= 0.3 is 6.03 Å². The number of carbonyl (C=O) groups excluding carboxylic acids is 1. The maximum atomic E-state index is 12.2. The molecule has 164 valence electrons. The Balaban J connectivity index is 1.38. The van der Waals surface area contributed by atoms with E-state index in [0.717, 1.165) is 34.6 Å². The molecule has 0 aliphatic heterocycles. The number of rotatable bonds is 10. The molecule has 0 spiro atoms. The van der Waals surface area contributed by atoms with Crippen molar-refractivity contribution >= 4 is 6.03 Å². The van der Waals surface area contributed by atoms with Crippen LogP contribution in [0.25, 0.3) is 0 Å². The van der Waals surface area contributed by atoms with E-state index in [2.05, 4.69) is 21.5 Å². The number of nitrogens with zero attached hydrogens (tertiary/aromatic N) is 1. The minimum absolute atomic E-state index is 0.130. The highest BCUT2D eigenvalue weighted by atomic mass is 16.5. The molecule has 0 saturated heterocycles. The molecule has 32 heavy (non-hydrogen) atoms. The van der Waals surface area contributed by atoms with Crippen LogP contribution >= 0.6 is 0 Å². The third-order valence-corrected chi connectivity index (χ3v) is 4.80. The Kier molecular flexibility index (Phi) is 8.52. The summed E-state index contributed by atoms with van der Waals surface area (Å²) < 4.78 is 11.1. The number of aromatic nitrogens is 1. The van der Waals surface area contributed by atoms with E-state index in [4.69, 9.17) is 15.9 Å². The Labute approximate surface area is 189 Å². The van der Waals surface area contributed by atoms with E-state index >= 15 is 0 Å². The minimum Gasteiger partial charge on any atom is -0.489 e. The fourth-order valence-corrected chi connectivity index (χ4v) is 3.03. The molecule has 0 radical (unpaired) electrons. The Hall–Kier alpha value is -3.98. The topological polar surface area (TPSA) is 72.5 Å². The van der Waals surface area contributed by atoms with Gasteiger partial charge in [-0.3, -0.25) is 4.98 Å². The fourth-order valence-electron chi connectivity index (χ4n) is 3.03. The number of hydrogen-bond acceptors (Lipinski definition) is 4.